The molecule has 3 N–H and O–H groups in total. The summed E-state index contributed by atoms with van der Waals surface area (Å²) in [6.07, 6.45) is 3.15. The predicted molar refractivity (Wildman–Crippen MR) is 92.9 cm³/mol. The lowest BCUT2D eigenvalue weighted by atomic mass is 10.3. The van der Waals surface area contributed by atoms with Gasteiger partial charge in [-0.05, 0) is 42.8 Å². The summed E-state index contributed by atoms with van der Waals surface area (Å²) in [6.45, 7) is 1.97. The van der Waals surface area contributed by atoms with Gasteiger partial charge in [-0.15, -0.1) is 0 Å². The Labute approximate surface area is 141 Å². The molecule has 0 atom stereocenters. The Morgan fingerprint density at radius 1 is 1.04 bits per heavy atom. The summed E-state index contributed by atoms with van der Waals surface area (Å²) in [6, 6.07) is 11.2. The molecule has 7 heteroatoms. The number of nitrogen functional groups attached to an aromatic ring is 1. The Balaban J connectivity index is 1.83. The third-order valence-corrected chi connectivity index (χ3v) is 3.56. The standard InChI is InChI=1S/C16H14BrN5O/c1-10-2-7-13(19-8-10)22-15-14(18)16(21-9-20-15)23-12-5-3-11(17)4-6-12/h2-9H,18H2,1H3,(H,19,20,21,22). The van der Waals surface area contributed by atoms with Crippen LogP contribution >= 0.6 is 15.9 Å². The molecule has 2 aromatic heterocycles. The number of hydrogen-bond donors (Lipinski definition) is 2. The zero-order valence-electron chi connectivity index (χ0n) is 12.3. The third kappa shape index (κ3) is 3.75. The molecule has 0 spiro atoms. The number of aromatic nitrogens is 3. The van der Waals surface area contributed by atoms with Crippen molar-refractivity contribution in [3.63, 3.8) is 0 Å². The van der Waals surface area contributed by atoms with E-state index in [0.29, 0.717) is 23.1 Å². The van der Waals surface area contributed by atoms with Gasteiger partial charge in [-0.25, -0.2) is 9.97 Å². The first-order valence-electron chi connectivity index (χ1n) is 6.85. The van der Waals surface area contributed by atoms with Gasteiger partial charge in [0.15, 0.2) is 5.82 Å². The van der Waals surface area contributed by atoms with Crippen molar-refractivity contribution in [2.24, 2.45) is 0 Å². The molecule has 0 unspecified atom stereocenters. The molecule has 6 nitrogen and oxygen atoms in total. The van der Waals surface area contributed by atoms with Crippen molar-refractivity contribution in [1.82, 2.24) is 15.0 Å². The number of nitrogens with one attached hydrogen (secondary N) is 1. The van der Waals surface area contributed by atoms with Gasteiger partial charge in [-0.2, -0.15) is 4.98 Å². The second kappa shape index (κ2) is 6.62. The number of hydrogen-bond acceptors (Lipinski definition) is 6. The monoisotopic (exact) mass is 371 g/mol. The molecule has 0 fully saturated rings. The van der Waals surface area contributed by atoms with E-state index in [1.54, 1.807) is 6.20 Å². The lowest BCUT2D eigenvalue weighted by molar-refractivity contribution is 0.464. The number of benzene rings is 1. The van der Waals surface area contributed by atoms with Crippen LogP contribution in [0.5, 0.6) is 11.6 Å². The number of halogens is 1. The Kier molecular flexibility index (Phi) is 4.38. The lowest BCUT2D eigenvalue weighted by Gasteiger charge is -2.11. The van der Waals surface area contributed by atoms with Gasteiger partial charge in [0.1, 0.15) is 23.6 Å². The van der Waals surface area contributed by atoms with Gasteiger partial charge >= 0.3 is 0 Å². The summed E-state index contributed by atoms with van der Waals surface area (Å²) in [5, 5.41) is 3.06. The molecule has 0 radical (unpaired) electrons. The summed E-state index contributed by atoms with van der Waals surface area (Å²) >= 11 is 3.38. The average Bonchev–Trinajstić information content (AvgIpc) is 2.55. The SMILES string of the molecule is Cc1ccc(Nc2ncnc(Oc3ccc(Br)cc3)c2N)nc1. The third-order valence-electron chi connectivity index (χ3n) is 3.03. The van der Waals surface area contributed by atoms with Crippen LogP contribution in [0.15, 0.2) is 53.4 Å². The molecule has 23 heavy (non-hydrogen) atoms. The number of ether oxygens (including phenoxy) is 1. The van der Waals surface area contributed by atoms with Crippen molar-refractivity contribution in [1.29, 1.82) is 0 Å². The van der Waals surface area contributed by atoms with Crippen molar-refractivity contribution in [2.45, 2.75) is 6.92 Å². The zero-order chi connectivity index (χ0) is 16.2. The van der Waals surface area contributed by atoms with E-state index in [-0.39, 0.29) is 5.88 Å². The van der Waals surface area contributed by atoms with Gasteiger partial charge < -0.3 is 15.8 Å². The Morgan fingerprint density at radius 2 is 1.83 bits per heavy atom. The first-order chi connectivity index (χ1) is 11.1. The highest BCUT2D eigenvalue weighted by Gasteiger charge is 2.11. The molecule has 0 aliphatic rings. The number of nitrogens with two attached hydrogens (primary N) is 1. The van der Waals surface area contributed by atoms with Gasteiger partial charge in [0.25, 0.3) is 0 Å². The lowest BCUT2D eigenvalue weighted by Crippen LogP contribution is -2.04. The zero-order valence-corrected chi connectivity index (χ0v) is 13.9. The molecule has 0 saturated heterocycles. The van der Waals surface area contributed by atoms with E-state index >= 15 is 0 Å². The van der Waals surface area contributed by atoms with Crippen LogP contribution in [0.3, 0.4) is 0 Å². The fraction of sp³-hybridized carbons (Fsp3) is 0.0625. The smallest absolute Gasteiger partial charge is 0.248 e. The molecular weight excluding hydrogens is 358 g/mol. The summed E-state index contributed by atoms with van der Waals surface area (Å²) in [7, 11) is 0. The first-order valence-corrected chi connectivity index (χ1v) is 7.65. The molecule has 0 saturated carbocycles. The number of anilines is 3. The highest BCUT2D eigenvalue weighted by molar-refractivity contribution is 9.10. The molecule has 116 valence electrons. The largest absolute Gasteiger partial charge is 0.437 e. The fourth-order valence-electron chi connectivity index (χ4n) is 1.84. The maximum Gasteiger partial charge on any atom is 0.248 e. The maximum absolute atomic E-state index is 6.09. The average molecular weight is 372 g/mol. The van der Waals surface area contributed by atoms with E-state index in [9.17, 15) is 0 Å². The molecule has 3 rings (SSSR count). The van der Waals surface area contributed by atoms with Crippen LogP contribution in [0.2, 0.25) is 0 Å². The van der Waals surface area contributed by atoms with Gasteiger partial charge in [0.2, 0.25) is 5.88 Å². The molecule has 0 bridgehead atoms. The molecule has 0 aliphatic heterocycles. The topological polar surface area (TPSA) is 86.0 Å². The summed E-state index contributed by atoms with van der Waals surface area (Å²) in [5.74, 6) is 2.02. The van der Waals surface area contributed by atoms with Crippen LogP contribution in [0, 0.1) is 6.92 Å². The second-order valence-corrected chi connectivity index (χ2v) is 5.76. The predicted octanol–water partition coefficient (Wildman–Crippen LogP) is 4.06. The van der Waals surface area contributed by atoms with Crippen LogP contribution in [0.1, 0.15) is 5.56 Å². The highest BCUT2D eigenvalue weighted by atomic mass is 79.9. The minimum Gasteiger partial charge on any atom is -0.437 e. The minimum absolute atomic E-state index is 0.289. The van der Waals surface area contributed by atoms with E-state index in [4.69, 9.17) is 10.5 Å². The van der Waals surface area contributed by atoms with Crippen LogP contribution in [0.4, 0.5) is 17.3 Å². The second-order valence-electron chi connectivity index (χ2n) is 4.84. The first kappa shape index (κ1) is 15.2. The van der Waals surface area contributed by atoms with Gasteiger partial charge in [0.05, 0.1) is 0 Å². The molecule has 0 amide bonds. The molecule has 1 aromatic carbocycles. The summed E-state index contributed by atoms with van der Waals surface area (Å²) in [4.78, 5) is 12.5. The van der Waals surface area contributed by atoms with E-state index in [2.05, 4.69) is 36.2 Å². The molecular formula is C16H14BrN5O. The van der Waals surface area contributed by atoms with Crippen molar-refractivity contribution in [3.05, 3.63) is 59.0 Å². The number of pyridine rings is 1. The quantitative estimate of drug-likeness (QED) is 0.718. The number of aryl methyl sites for hydroxylation is 1. The molecule has 2 heterocycles. The van der Waals surface area contributed by atoms with Gasteiger partial charge in [-0.3, -0.25) is 0 Å². The number of nitrogens with zero attached hydrogens (tertiary/aromatic N) is 3. The van der Waals surface area contributed by atoms with Crippen molar-refractivity contribution < 1.29 is 4.74 Å². The van der Waals surface area contributed by atoms with Crippen LogP contribution in [-0.4, -0.2) is 15.0 Å². The van der Waals surface area contributed by atoms with Gasteiger partial charge in [-0.1, -0.05) is 22.0 Å². The van der Waals surface area contributed by atoms with E-state index in [1.807, 2.05) is 43.3 Å². The Bertz CT molecular complexity index is 740. The van der Waals surface area contributed by atoms with Crippen molar-refractivity contribution >= 4 is 33.3 Å². The minimum atomic E-state index is 0.289. The van der Waals surface area contributed by atoms with Crippen LogP contribution in [0.25, 0.3) is 0 Å². The maximum atomic E-state index is 6.09. The van der Waals surface area contributed by atoms with Crippen molar-refractivity contribution in [2.75, 3.05) is 11.1 Å². The Morgan fingerprint density at radius 3 is 2.52 bits per heavy atom. The number of rotatable bonds is 4. The highest BCUT2D eigenvalue weighted by Crippen LogP contribution is 2.30. The van der Waals surface area contributed by atoms with E-state index < -0.39 is 0 Å². The van der Waals surface area contributed by atoms with Crippen LogP contribution in [-0.2, 0) is 0 Å². The normalized spacial score (nSPS) is 10.3. The molecule has 3 aromatic rings. The fourth-order valence-corrected chi connectivity index (χ4v) is 2.10. The molecule has 0 aliphatic carbocycles. The van der Waals surface area contributed by atoms with Crippen LogP contribution < -0.4 is 15.8 Å². The summed E-state index contributed by atoms with van der Waals surface area (Å²) < 4.78 is 6.67. The van der Waals surface area contributed by atoms with E-state index in [1.165, 1.54) is 6.33 Å². The van der Waals surface area contributed by atoms with E-state index in [0.717, 1.165) is 10.0 Å². The van der Waals surface area contributed by atoms with Crippen molar-refractivity contribution in [3.8, 4) is 11.6 Å². The Hall–Kier alpha value is -2.67. The summed E-state index contributed by atoms with van der Waals surface area (Å²) in [5.41, 5.74) is 7.48. The van der Waals surface area contributed by atoms with Gasteiger partial charge in [0, 0.05) is 10.7 Å².